The summed E-state index contributed by atoms with van der Waals surface area (Å²) in [6.07, 6.45) is 5.90. The van der Waals surface area contributed by atoms with Crippen LogP contribution >= 0.6 is 11.8 Å². The molecule has 2 aromatic rings. The fraction of sp³-hybridized carbons (Fsp3) is 0.533. The summed E-state index contributed by atoms with van der Waals surface area (Å²) in [5, 5.41) is 9.34. The number of rotatable bonds is 19. The fourth-order valence-corrected chi connectivity index (χ4v) is 6.31. The van der Waals surface area contributed by atoms with Crippen LogP contribution in [0, 0.1) is 0 Å². The van der Waals surface area contributed by atoms with E-state index in [1.807, 2.05) is 23.9 Å². The fourth-order valence-electron chi connectivity index (χ4n) is 4.77. The van der Waals surface area contributed by atoms with Crippen molar-refractivity contribution in [1.29, 1.82) is 0 Å². The molecule has 2 saturated heterocycles. The molecule has 4 rings (SSSR count). The molecule has 2 fully saturated rings. The number of carbonyl (C=O) groups excluding carboxylic acids is 3. The van der Waals surface area contributed by atoms with Crippen LogP contribution in [0.1, 0.15) is 42.5 Å². The molecular weight excluding hydrogens is 576 g/mol. The third-order valence-corrected chi connectivity index (χ3v) is 8.46. The van der Waals surface area contributed by atoms with Crippen molar-refractivity contribution in [3.05, 3.63) is 48.2 Å². The van der Waals surface area contributed by atoms with Crippen LogP contribution in [-0.2, 0) is 19.0 Å². The molecule has 3 N–H and O–H groups in total. The van der Waals surface area contributed by atoms with Gasteiger partial charge >= 0.3 is 12.0 Å². The van der Waals surface area contributed by atoms with Gasteiger partial charge in [-0.25, -0.2) is 14.6 Å². The van der Waals surface area contributed by atoms with Gasteiger partial charge in [0.1, 0.15) is 18.1 Å². The number of methoxy groups -OCH3 is 1. The first-order valence-corrected chi connectivity index (χ1v) is 15.6. The van der Waals surface area contributed by atoms with E-state index in [0.717, 1.165) is 31.4 Å². The molecule has 0 unspecified atom stereocenters. The van der Waals surface area contributed by atoms with Crippen molar-refractivity contribution >= 4 is 29.7 Å². The Balaban J connectivity index is 0.948. The standard InChI is InChI=1S/C30H40N4O8S/c1-38-29(36)21-10-11-27(32-19-21)42-23-7-5-6-22(18-23)41-17-16-40-15-14-39-13-12-31-26(35)9-4-2-3-8-25-28-24(20-43-25)33-30(37)34-28/h5-7,10-11,18-19,24-25,28H,2-4,8-9,12-17,20H2,1H3,(H,31,35)(H2,33,34,37)/t24-,25-,28-/m0/s1. The minimum Gasteiger partial charge on any atom is -0.491 e. The highest BCUT2D eigenvalue weighted by Gasteiger charge is 2.42. The number of fused-ring (bicyclic) bond motifs is 1. The number of pyridine rings is 1. The van der Waals surface area contributed by atoms with Crippen molar-refractivity contribution in [1.82, 2.24) is 20.9 Å². The molecule has 0 saturated carbocycles. The Morgan fingerprint density at radius 1 is 1.00 bits per heavy atom. The second-order valence-electron chi connectivity index (χ2n) is 10.1. The van der Waals surface area contributed by atoms with Crippen molar-refractivity contribution in [2.24, 2.45) is 0 Å². The maximum atomic E-state index is 12.0. The predicted molar refractivity (Wildman–Crippen MR) is 161 cm³/mol. The largest absolute Gasteiger partial charge is 0.491 e. The third-order valence-electron chi connectivity index (χ3n) is 6.95. The van der Waals surface area contributed by atoms with Crippen molar-refractivity contribution in [2.75, 3.05) is 52.4 Å². The van der Waals surface area contributed by atoms with Crippen LogP contribution in [0.15, 0.2) is 42.6 Å². The molecule has 1 aromatic carbocycles. The molecule has 0 radical (unpaired) electrons. The summed E-state index contributed by atoms with van der Waals surface area (Å²) in [5.74, 6) is 2.08. The lowest BCUT2D eigenvalue weighted by molar-refractivity contribution is -0.121. The van der Waals surface area contributed by atoms with Crippen LogP contribution in [0.4, 0.5) is 4.79 Å². The summed E-state index contributed by atoms with van der Waals surface area (Å²) in [6, 6.07) is 10.8. The second-order valence-corrected chi connectivity index (χ2v) is 11.4. The smallest absolute Gasteiger partial charge is 0.339 e. The summed E-state index contributed by atoms with van der Waals surface area (Å²) in [7, 11) is 1.31. The normalized spacial score (nSPS) is 18.8. The number of hydrogen-bond acceptors (Lipinski definition) is 10. The van der Waals surface area contributed by atoms with Crippen LogP contribution in [0.25, 0.3) is 0 Å². The number of carbonyl (C=O) groups is 3. The van der Waals surface area contributed by atoms with E-state index in [1.165, 1.54) is 13.3 Å². The van der Waals surface area contributed by atoms with E-state index in [4.69, 9.17) is 18.9 Å². The average Bonchev–Trinajstić information content (AvgIpc) is 3.57. The number of esters is 1. The quantitative estimate of drug-likeness (QED) is 0.122. The van der Waals surface area contributed by atoms with Crippen molar-refractivity contribution in [2.45, 2.75) is 49.4 Å². The van der Waals surface area contributed by atoms with Gasteiger partial charge in [-0.1, -0.05) is 18.9 Å². The van der Waals surface area contributed by atoms with Crippen LogP contribution < -0.4 is 25.4 Å². The number of hydrogen-bond donors (Lipinski definition) is 3. The van der Waals surface area contributed by atoms with Gasteiger partial charge in [-0.15, -0.1) is 0 Å². The molecule has 2 aliphatic rings. The van der Waals surface area contributed by atoms with Gasteiger partial charge < -0.3 is 39.6 Å². The van der Waals surface area contributed by atoms with Crippen molar-refractivity contribution in [3.8, 4) is 17.4 Å². The molecule has 0 spiro atoms. The third kappa shape index (κ3) is 10.9. The monoisotopic (exact) mass is 616 g/mol. The lowest BCUT2D eigenvalue weighted by atomic mass is 10.0. The van der Waals surface area contributed by atoms with Gasteiger partial charge in [-0.3, -0.25) is 4.79 Å². The molecule has 3 atom stereocenters. The van der Waals surface area contributed by atoms with Gasteiger partial charge in [-0.2, -0.15) is 11.8 Å². The van der Waals surface area contributed by atoms with Crippen molar-refractivity contribution < 1.29 is 38.1 Å². The Morgan fingerprint density at radius 3 is 2.63 bits per heavy atom. The number of thioether (sulfide) groups is 1. The number of amides is 3. The zero-order valence-corrected chi connectivity index (χ0v) is 25.2. The summed E-state index contributed by atoms with van der Waals surface area (Å²) in [5.41, 5.74) is 0.343. The maximum Gasteiger partial charge on any atom is 0.339 e. The summed E-state index contributed by atoms with van der Waals surface area (Å²) in [6.45, 7) is 2.51. The van der Waals surface area contributed by atoms with Crippen LogP contribution in [-0.4, -0.2) is 92.7 Å². The Bertz CT molecular complexity index is 1190. The first-order chi connectivity index (χ1) is 21.0. The molecule has 1 aromatic heterocycles. The zero-order chi connectivity index (χ0) is 30.3. The van der Waals surface area contributed by atoms with E-state index in [2.05, 4.69) is 25.7 Å². The number of nitrogens with zero attached hydrogens (tertiary/aromatic N) is 1. The summed E-state index contributed by atoms with van der Waals surface area (Å²) >= 11 is 1.92. The van der Waals surface area contributed by atoms with Crippen LogP contribution in [0.3, 0.4) is 0 Å². The van der Waals surface area contributed by atoms with Gasteiger partial charge in [0.25, 0.3) is 0 Å². The molecule has 234 valence electrons. The SMILES string of the molecule is COC(=O)c1ccc(Oc2cccc(OCCOCCOCCNC(=O)CCCCC[C@@H]3SC[C@@H]4NC(=O)N[C@@H]43)c2)nc1. The lowest BCUT2D eigenvalue weighted by Gasteiger charge is -2.16. The average molecular weight is 617 g/mol. The Hall–Kier alpha value is -3.55. The molecule has 3 amide bonds. The first kappa shape index (κ1) is 32.4. The van der Waals surface area contributed by atoms with Gasteiger partial charge in [0.15, 0.2) is 0 Å². The highest BCUT2D eigenvalue weighted by Crippen LogP contribution is 2.33. The first-order valence-electron chi connectivity index (χ1n) is 14.6. The van der Waals surface area contributed by atoms with Crippen LogP contribution in [0.2, 0.25) is 0 Å². The van der Waals surface area contributed by atoms with E-state index in [9.17, 15) is 14.4 Å². The maximum absolute atomic E-state index is 12.0. The highest BCUT2D eigenvalue weighted by atomic mass is 32.2. The predicted octanol–water partition coefficient (Wildman–Crippen LogP) is 3.30. The molecule has 3 heterocycles. The molecule has 13 heteroatoms. The molecular formula is C30H40N4O8S. The van der Waals surface area contributed by atoms with Gasteiger partial charge in [0, 0.05) is 42.3 Å². The molecule has 2 aliphatic heterocycles. The second kappa shape index (κ2) is 17.5. The van der Waals surface area contributed by atoms with Gasteiger partial charge in [0.2, 0.25) is 11.8 Å². The van der Waals surface area contributed by atoms with Gasteiger partial charge in [-0.05, 0) is 31.0 Å². The minimum atomic E-state index is -0.460. The summed E-state index contributed by atoms with van der Waals surface area (Å²) in [4.78, 5) is 39.1. The molecule has 0 aliphatic carbocycles. The van der Waals surface area contributed by atoms with Crippen molar-refractivity contribution in [3.63, 3.8) is 0 Å². The Morgan fingerprint density at radius 2 is 1.81 bits per heavy atom. The van der Waals surface area contributed by atoms with E-state index in [-0.39, 0.29) is 24.0 Å². The van der Waals surface area contributed by atoms with E-state index >= 15 is 0 Å². The number of ether oxygens (including phenoxy) is 5. The van der Waals surface area contributed by atoms with Gasteiger partial charge in [0.05, 0.1) is 51.2 Å². The number of unbranched alkanes of at least 4 members (excludes halogenated alkanes) is 2. The Labute approximate surface area is 255 Å². The highest BCUT2D eigenvalue weighted by molar-refractivity contribution is 8.00. The van der Waals surface area contributed by atoms with E-state index < -0.39 is 5.97 Å². The lowest BCUT2D eigenvalue weighted by Crippen LogP contribution is -2.36. The molecule has 0 bridgehead atoms. The number of benzene rings is 1. The zero-order valence-electron chi connectivity index (χ0n) is 24.4. The summed E-state index contributed by atoms with van der Waals surface area (Å²) < 4.78 is 27.2. The molecule has 43 heavy (non-hydrogen) atoms. The number of aromatic nitrogens is 1. The minimum absolute atomic E-state index is 0.0433. The van der Waals surface area contributed by atoms with Crippen LogP contribution in [0.5, 0.6) is 17.4 Å². The van der Waals surface area contributed by atoms with E-state index in [0.29, 0.717) is 74.2 Å². The van der Waals surface area contributed by atoms with E-state index in [1.54, 1.807) is 24.3 Å². The topological polar surface area (TPSA) is 146 Å². The number of nitrogens with one attached hydrogen (secondary N) is 3. The number of urea groups is 1. The Kier molecular flexibility index (Phi) is 13.2. The molecule has 12 nitrogen and oxygen atoms in total.